The molecule has 0 aliphatic carbocycles. The molecule has 1 aliphatic heterocycles. The Morgan fingerprint density at radius 2 is 1.76 bits per heavy atom. The zero-order valence-corrected chi connectivity index (χ0v) is 15.5. The van der Waals surface area contributed by atoms with Gasteiger partial charge in [0.15, 0.2) is 0 Å². The lowest BCUT2D eigenvalue weighted by Crippen LogP contribution is -2.69. The normalized spacial score (nSPS) is 30.3. The molecule has 1 heterocycles. The quantitative estimate of drug-likeness (QED) is 0.662. The topological polar surface area (TPSA) is 47.9 Å². The minimum absolute atomic E-state index is 0.311. The maximum Gasteiger partial charge on any atom is 0.371 e. The second-order valence-corrected chi connectivity index (χ2v) is 9.40. The van der Waals surface area contributed by atoms with E-state index in [1.54, 1.807) is 0 Å². The summed E-state index contributed by atoms with van der Waals surface area (Å²) in [4.78, 5) is 0. The zero-order chi connectivity index (χ0) is 15.9. The summed E-state index contributed by atoms with van der Waals surface area (Å²) in [6, 6.07) is 0.999. The van der Waals surface area contributed by atoms with E-state index in [2.05, 4.69) is 6.92 Å². The molecule has 5 heteroatoms. The smallest absolute Gasteiger partial charge is 0.371 e. The molecular weight excluding hydrogens is 284 g/mol. The number of aliphatic hydroxyl groups is 1. The molecule has 0 aromatic heterocycles. The van der Waals surface area contributed by atoms with E-state index in [0.717, 1.165) is 31.7 Å². The van der Waals surface area contributed by atoms with Gasteiger partial charge >= 0.3 is 8.56 Å². The van der Waals surface area contributed by atoms with Crippen LogP contribution in [-0.2, 0) is 13.6 Å². The molecule has 0 aromatic carbocycles. The molecule has 1 aliphatic rings. The summed E-state index contributed by atoms with van der Waals surface area (Å²) in [5, 5.41) is 9.58. The van der Waals surface area contributed by atoms with E-state index in [-0.39, 0.29) is 11.3 Å². The van der Waals surface area contributed by atoms with E-state index in [0.29, 0.717) is 25.7 Å². The average Bonchev–Trinajstić information content (AvgIpc) is 2.43. The third-order valence-corrected chi connectivity index (χ3v) is 9.39. The van der Waals surface area contributed by atoms with Gasteiger partial charge in [-0.2, -0.15) is 0 Å². The van der Waals surface area contributed by atoms with Gasteiger partial charge in [-0.05, 0) is 58.9 Å². The van der Waals surface area contributed by atoms with Crippen LogP contribution >= 0.6 is 0 Å². The summed E-state index contributed by atoms with van der Waals surface area (Å²) in [5.41, 5.74) is 0. The molecule has 1 fully saturated rings. The van der Waals surface area contributed by atoms with Gasteiger partial charge in [-0.25, -0.2) is 0 Å². The van der Waals surface area contributed by atoms with E-state index in [9.17, 15) is 5.11 Å². The van der Waals surface area contributed by atoms with E-state index < -0.39 is 8.56 Å². The SMILES string of the molecule is CCOC1(CC)C(CC(C)O)CCC[Si]1(OCC)OCC. The molecule has 1 N–H and O–H groups in total. The van der Waals surface area contributed by atoms with Crippen LogP contribution < -0.4 is 0 Å². The Balaban J connectivity index is 3.22. The first-order valence-corrected chi connectivity index (χ1v) is 10.6. The molecule has 126 valence electrons. The Labute approximate surface area is 131 Å². The maximum absolute atomic E-state index is 9.91. The van der Waals surface area contributed by atoms with E-state index in [1.165, 1.54) is 0 Å². The molecule has 0 bridgehead atoms. The predicted molar refractivity (Wildman–Crippen MR) is 87.5 cm³/mol. The van der Waals surface area contributed by atoms with Crippen molar-refractivity contribution in [2.45, 2.75) is 77.7 Å². The van der Waals surface area contributed by atoms with Gasteiger partial charge in [0.2, 0.25) is 0 Å². The lowest BCUT2D eigenvalue weighted by Gasteiger charge is -2.53. The first kappa shape index (κ1) is 19.1. The Bertz CT molecular complexity index is 286. The van der Waals surface area contributed by atoms with Crippen LogP contribution in [0.1, 0.15) is 60.3 Å². The van der Waals surface area contributed by atoms with Crippen molar-refractivity contribution >= 4 is 8.56 Å². The molecule has 3 atom stereocenters. The van der Waals surface area contributed by atoms with Crippen molar-refractivity contribution in [1.82, 2.24) is 0 Å². The summed E-state index contributed by atoms with van der Waals surface area (Å²) in [6.07, 6.45) is 3.55. The summed E-state index contributed by atoms with van der Waals surface area (Å²) in [6.45, 7) is 12.2. The molecule has 3 unspecified atom stereocenters. The van der Waals surface area contributed by atoms with Crippen LogP contribution in [0.4, 0.5) is 0 Å². The first-order chi connectivity index (χ1) is 10.0. The summed E-state index contributed by atoms with van der Waals surface area (Å²) >= 11 is 0. The highest BCUT2D eigenvalue weighted by Crippen LogP contribution is 2.48. The second kappa shape index (κ2) is 8.63. The largest absolute Gasteiger partial charge is 0.393 e. The average molecular weight is 319 g/mol. The maximum atomic E-state index is 9.91. The lowest BCUT2D eigenvalue weighted by molar-refractivity contribution is -0.0861. The van der Waals surface area contributed by atoms with Crippen molar-refractivity contribution in [2.24, 2.45) is 5.92 Å². The van der Waals surface area contributed by atoms with Gasteiger partial charge in [-0.1, -0.05) is 13.3 Å². The molecule has 0 aromatic rings. The highest BCUT2D eigenvalue weighted by molar-refractivity contribution is 6.71. The number of hydrogen-bond donors (Lipinski definition) is 1. The van der Waals surface area contributed by atoms with Crippen LogP contribution in [0.3, 0.4) is 0 Å². The number of aliphatic hydroxyl groups excluding tert-OH is 1. The standard InChI is InChI=1S/C16H34O4Si/c1-6-16(18-7-2)15(13-14(5)17)11-10-12-21(16,19-8-3)20-9-4/h14-15,17H,6-13H2,1-5H3. The van der Waals surface area contributed by atoms with Crippen LogP contribution in [-0.4, -0.2) is 44.8 Å². The minimum atomic E-state index is -2.45. The summed E-state index contributed by atoms with van der Waals surface area (Å²) in [7, 11) is -2.45. The molecule has 4 nitrogen and oxygen atoms in total. The van der Waals surface area contributed by atoms with Crippen LogP contribution in [0.5, 0.6) is 0 Å². The fourth-order valence-corrected chi connectivity index (χ4v) is 8.77. The number of hydrogen-bond acceptors (Lipinski definition) is 4. The minimum Gasteiger partial charge on any atom is -0.393 e. The molecule has 1 rings (SSSR count). The molecule has 0 spiro atoms. The van der Waals surface area contributed by atoms with Gasteiger partial charge in [0.25, 0.3) is 0 Å². The van der Waals surface area contributed by atoms with Gasteiger partial charge < -0.3 is 18.7 Å². The highest BCUT2D eigenvalue weighted by Gasteiger charge is 2.63. The van der Waals surface area contributed by atoms with Crippen LogP contribution in [0.15, 0.2) is 0 Å². The van der Waals surface area contributed by atoms with Gasteiger partial charge in [-0.15, -0.1) is 0 Å². The molecule has 0 amide bonds. The molecular formula is C16H34O4Si. The van der Waals surface area contributed by atoms with Crippen molar-refractivity contribution < 1.29 is 18.7 Å². The first-order valence-electron chi connectivity index (χ1n) is 8.61. The van der Waals surface area contributed by atoms with Crippen molar-refractivity contribution in [3.63, 3.8) is 0 Å². The number of ether oxygens (including phenoxy) is 1. The van der Waals surface area contributed by atoms with Gasteiger partial charge in [0.1, 0.15) is 5.22 Å². The second-order valence-electron chi connectivity index (χ2n) is 5.97. The van der Waals surface area contributed by atoms with Crippen LogP contribution in [0.2, 0.25) is 6.04 Å². The molecule has 1 saturated heterocycles. The van der Waals surface area contributed by atoms with Gasteiger partial charge in [0.05, 0.1) is 6.10 Å². The van der Waals surface area contributed by atoms with E-state index in [1.807, 2.05) is 27.7 Å². The number of rotatable bonds is 9. The fourth-order valence-electron chi connectivity index (χ4n) is 4.10. The third kappa shape index (κ3) is 3.88. The van der Waals surface area contributed by atoms with Crippen molar-refractivity contribution in [1.29, 1.82) is 0 Å². The summed E-state index contributed by atoms with van der Waals surface area (Å²) in [5.74, 6) is 0.320. The van der Waals surface area contributed by atoms with Crippen molar-refractivity contribution in [2.75, 3.05) is 19.8 Å². The predicted octanol–water partition coefficient (Wildman–Crippen LogP) is 3.41. The Morgan fingerprint density at radius 1 is 1.14 bits per heavy atom. The Morgan fingerprint density at radius 3 is 2.19 bits per heavy atom. The summed E-state index contributed by atoms with van der Waals surface area (Å²) < 4.78 is 18.9. The van der Waals surface area contributed by atoms with Gasteiger partial charge in [0, 0.05) is 19.8 Å². The Hall–Kier alpha value is 0.0569. The van der Waals surface area contributed by atoms with E-state index in [4.69, 9.17) is 13.6 Å². The molecule has 0 saturated carbocycles. The van der Waals surface area contributed by atoms with Gasteiger partial charge in [-0.3, -0.25) is 0 Å². The van der Waals surface area contributed by atoms with Crippen molar-refractivity contribution in [3.05, 3.63) is 0 Å². The molecule has 21 heavy (non-hydrogen) atoms. The van der Waals surface area contributed by atoms with Crippen LogP contribution in [0.25, 0.3) is 0 Å². The highest BCUT2D eigenvalue weighted by atomic mass is 28.4. The van der Waals surface area contributed by atoms with Crippen molar-refractivity contribution in [3.8, 4) is 0 Å². The lowest BCUT2D eigenvalue weighted by atomic mass is 9.88. The fraction of sp³-hybridized carbons (Fsp3) is 1.00. The Kier molecular flexibility index (Phi) is 7.85. The monoisotopic (exact) mass is 318 g/mol. The van der Waals surface area contributed by atoms with Crippen LogP contribution in [0, 0.1) is 5.92 Å². The van der Waals surface area contributed by atoms with E-state index >= 15 is 0 Å². The third-order valence-electron chi connectivity index (χ3n) is 4.67. The zero-order valence-electron chi connectivity index (χ0n) is 14.5. The molecule has 0 radical (unpaired) electrons.